The molecule has 1 aromatic rings. The quantitative estimate of drug-likeness (QED) is 0.767. The fraction of sp³-hybridized carbons (Fsp3) is 0.833. The minimum atomic E-state index is 0.430. The van der Waals surface area contributed by atoms with Gasteiger partial charge in [-0.05, 0) is 26.2 Å². The zero-order chi connectivity index (χ0) is 11.7. The Balaban J connectivity index is 1.60. The van der Waals surface area contributed by atoms with Crippen LogP contribution in [-0.2, 0) is 17.8 Å². The Morgan fingerprint density at radius 3 is 3.06 bits per heavy atom. The molecule has 0 unspecified atom stereocenters. The van der Waals surface area contributed by atoms with Crippen molar-refractivity contribution in [1.29, 1.82) is 0 Å². The van der Waals surface area contributed by atoms with Crippen molar-refractivity contribution < 1.29 is 4.74 Å². The summed E-state index contributed by atoms with van der Waals surface area (Å²) in [7, 11) is 0. The molecule has 5 nitrogen and oxygen atoms in total. The Hall–Kier alpha value is -0.940. The second-order valence-electron chi connectivity index (χ2n) is 5.04. The van der Waals surface area contributed by atoms with Crippen LogP contribution in [0.1, 0.15) is 30.9 Å². The minimum Gasteiger partial charge on any atom is -0.377 e. The topological polar surface area (TPSA) is 43.2 Å². The van der Waals surface area contributed by atoms with Gasteiger partial charge in [-0.15, -0.1) is 10.2 Å². The Morgan fingerprint density at radius 1 is 1.29 bits per heavy atom. The zero-order valence-electron chi connectivity index (χ0n) is 10.4. The number of rotatable bonds is 2. The highest BCUT2D eigenvalue weighted by atomic mass is 16.5. The fourth-order valence-electron chi connectivity index (χ4n) is 2.75. The lowest BCUT2D eigenvalue weighted by atomic mass is 10.1. The highest BCUT2D eigenvalue weighted by Gasteiger charge is 2.23. The monoisotopic (exact) mass is 236 g/mol. The first-order chi connectivity index (χ1) is 8.33. The summed E-state index contributed by atoms with van der Waals surface area (Å²) in [5.41, 5.74) is 0. The van der Waals surface area contributed by atoms with Crippen molar-refractivity contribution in [3.8, 4) is 0 Å². The first-order valence-corrected chi connectivity index (χ1v) is 6.55. The average Bonchev–Trinajstić information content (AvgIpc) is 2.72. The van der Waals surface area contributed by atoms with Crippen LogP contribution in [0.2, 0.25) is 0 Å². The lowest BCUT2D eigenvalue weighted by Gasteiger charge is -2.32. The van der Waals surface area contributed by atoms with Gasteiger partial charge in [0.2, 0.25) is 0 Å². The highest BCUT2D eigenvalue weighted by Crippen LogP contribution is 2.17. The van der Waals surface area contributed by atoms with E-state index in [1.165, 1.54) is 19.3 Å². The molecule has 2 aliphatic heterocycles. The first kappa shape index (κ1) is 11.2. The van der Waals surface area contributed by atoms with Crippen LogP contribution in [0.4, 0.5) is 0 Å². The molecule has 0 bridgehead atoms. The lowest BCUT2D eigenvalue weighted by Crippen LogP contribution is -2.40. The summed E-state index contributed by atoms with van der Waals surface area (Å²) in [6, 6.07) is 0. The third-order valence-corrected chi connectivity index (χ3v) is 3.75. The van der Waals surface area contributed by atoms with E-state index in [2.05, 4.69) is 19.7 Å². The van der Waals surface area contributed by atoms with Crippen LogP contribution in [0, 0.1) is 6.92 Å². The molecule has 1 saturated heterocycles. The molecule has 94 valence electrons. The third-order valence-electron chi connectivity index (χ3n) is 3.75. The van der Waals surface area contributed by atoms with E-state index in [1.807, 2.05) is 6.92 Å². The number of hydrogen-bond acceptors (Lipinski definition) is 4. The fourth-order valence-corrected chi connectivity index (χ4v) is 2.75. The van der Waals surface area contributed by atoms with E-state index in [9.17, 15) is 0 Å². The Labute approximate surface area is 102 Å². The molecule has 2 aliphatic rings. The second kappa shape index (κ2) is 4.74. The third kappa shape index (κ3) is 2.35. The van der Waals surface area contributed by atoms with E-state index in [0.717, 1.165) is 44.4 Å². The smallest absolute Gasteiger partial charge is 0.147 e. The van der Waals surface area contributed by atoms with E-state index in [1.54, 1.807) is 0 Å². The molecule has 17 heavy (non-hydrogen) atoms. The van der Waals surface area contributed by atoms with Gasteiger partial charge in [-0.25, -0.2) is 0 Å². The molecule has 3 heterocycles. The standard InChI is InChI=1S/C12H20N4O/c1-10-13-14-12-9-15(5-6-16(10)12)8-11-4-2-3-7-17-11/h11H,2-9H2,1H3/t11-/m1/s1. The van der Waals surface area contributed by atoms with Crippen molar-refractivity contribution in [3.63, 3.8) is 0 Å². The van der Waals surface area contributed by atoms with Crippen LogP contribution in [0.5, 0.6) is 0 Å². The van der Waals surface area contributed by atoms with Crippen molar-refractivity contribution in [2.75, 3.05) is 19.7 Å². The van der Waals surface area contributed by atoms with Gasteiger partial charge in [0, 0.05) is 26.2 Å². The van der Waals surface area contributed by atoms with Gasteiger partial charge < -0.3 is 9.30 Å². The number of nitrogens with zero attached hydrogens (tertiary/aromatic N) is 4. The summed E-state index contributed by atoms with van der Waals surface area (Å²) in [6.45, 7) is 7.03. The van der Waals surface area contributed by atoms with Crippen LogP contribution in [0.3, 0.4) is 0 Å². The zero-order valence-corrected chi connectivity index (χ0v) is 10.4. The van der Waals surface area contributed by atoms with Gasteiger partial charge in [-0.2, -0.15) is 0 Å². The molecule has 1 fully saturated rings. The van der Waals surface area contributed by atoms with Crippen LogP contribution in [-0.4, -0.2) is 45.5 Å². The molecule has 5 heteroatoms. The summed E-state index contributed by atoms with van der Waals surface area (Å²) >= 11 is 0. The maximum atomic E-state index is 5.79. The number of fused-ring (bicyclic) bond motifs is 1. The average molecular weight is 236 g/mol. The van der Waals surface area contributed by atoms with Crippen molar-refractivity contribution in [2.24, 2.45) is 0 Å². The van der Waals surface area contributed by atoms with Crippen molar-refractivity contribution in [3.05, 3.63) is 11.6 Å². The van der Waals surface area contributed by atoms with E-state index < -0.39 is 0 Å². The summed E-state index contributed by atoms with van der Waals surface area (Å²) in [4.78, 5) is 2.44. The Kier molecular flexibility index (Phi) is 3.11. The van der Waals surface area contributed by atoms with E-state index in [-0.39, 0.29) is 0 Å². The predicted octanol–water partition coefficient (Wildman–Crippen LogP) is 0.971. The molecule has 3 rings (SSSR count). The van der Waals surface area contributed by atoms with Crippen molar-refractivity contribution >= 4 is 0 Å². The predicted molar refractivity (Wildman–Crippen MR) is 63.6 cm³/mol. The molecule has 0 aliphatic carbocycles. The summed E-state index contributed by atoms with van der Waals surface area (Å²) in [5.74, 6) is 2.14. The molecule has 0 radical (unpaired) electrons. The summed E-state index contributed by atoms with van der Waals surface area (Å²) < 4.78 is 8.01. The molecule has 0 aromatic carbocycles. The van der Waals surface area contributed by atoms with Gasteiger partial charge in [-0.1, -0.05) is 0 Å². The molecule has 0 amide bonds. The van der Waals surface area contributed by atoms with E-state index in [0.29, 0.717) is 6.10 Å². The van der Waals surface area contributed by atoms with Gasteiger partial charge >= 0.3 is 0 Å². The molecular weight excluding hydrogens is 216 g/mol. The summed E-state index contributed by atoms with van der Waals surface area (Å²) in [6.07, 6.45) is 4.18. The molecule has 1 atom stereocenters. The van der Waals surface area contributed by atoms with Gasteiger partial charge in [0.1, 0.15) is 11.6 Å². The SMILES string of the molecule is Cc1nnc2n1CCN(C[C@H]1CCCCO1)C2. The molecule has 1 aromatic heterocycles. The summed E-state index contributed by atoms with van der Waals surface area (Å²) in [5, 5.41) is 8.36. The van der Waals surface area contributed by atoms with Crippen LogP contribution in [0.25, 0.3) is 0 Å². The molecule has 0 saturated carbocycles. The highest BCUT2D eigenvalue weighted by molar-refractivity contribution is 4.97. The molecule has 0 spiro atoms. The van der Waals surface area contributed by atoms with Crippen LogP contribution < -0.4 is 0 Å². The molecule has 0 N–H and O–H groups in total. The van der Waals surface area contributed by atoms with Gasteiger partial charge in [0.15, 0.2) is 0 Å². The number of hydrogen-bond donors (Lipinski definition) is 0. The minimum absolute atomic E-state index is 0.430. The number of aryl methyl sites for hydroxylation is 1. The maximum absolute atomic E-state index is 5.79. The molecular formula is C12H20N4O. The number of ether oxygens (including phenoxy) is 1. The maximum Gasteiger partial charge on any atom is 0.147 e. The second-order valence-corrected chi connectivity index (χ2v) is 5.04. The van der Waals surface area contributed by atoms with Gasteiger partial charge in [0.25, 0.3) is 0 Å². The normalized spacial score (nSPS) is 25.8. The van der Waals surface area contributed by atoms with E-state index >= 15 is 0 Å². The van der Waals surface area contributed by atoms with Crippen LogP contribution in [0.15, 0.2) is 0 Å². The Bertz CT molecular complexity index is 384. The van der Waals surface area contributed by atoms with Crippen LogP contribution >= 0.6 is 0 Å². The lowest BCUT2D eigenvalue weighted by molar-refractivity contribution is -0.0105. The van der Waals surface area contributed by atoms with Gasteiger partial charge in [0.05, 0.1) is 12.6 Å². The Morgan fingerprint density at radius 2 is 2.24 bits per heavy atom. The van der Waals surface area contributed by atoms with Gasteiger partial charge in [-0.3, -0.25) is 4.90 Å². The van der Waals surface area contributed by atoms with Crippen molar-refractivity contribution in [2.45, 2.75) is 45.4 Å². The first-order valence-electron chi connectivity index (χ1n) is 6.55. The van der Waals surface area contributed by atoms with E-state index in [4.69, 9.17) is 4.74 Å². The number of aromatic nitrogens is 3. The largest absolute Gasteiger partial charge is 0.377 e. The van der Waals surface area contributed by atoms with Crippen molar-refractivity contribution in [1.82, 2.24) is 19.7 Å².